The summed E-state index contributed by atoms with van der Waals surface area (Å²) in [7, 11) is 1.54. The molecule has 158 valence electrons. The first kappa shape index (κ1) is 21.2. The molecule has 8 nitrogen and oxygen atoms in total. The van der Waals surface area contributed by atoms with Gasteiger partial charge in [-0.1, -0.05) is 12.1 Å². The maximum atomic E-state index is 12.9. The van der Waals surface area contributed by atoms with Crippen molar-refractivity contribution in [1.29, 1.82) is 0 Å². The Morgan fingerprint density at radius 1 is 0.933 bits per heavy atom. The number of nitrogens with two attached hydrogens (primary N) is 1. The molecule has 2 N–H and O–H groups in total. The number of para-hydroxylation sites is 1. The number of rotatable bonds is 6. The molecule has 2 aromatic rings. The summed E-state index contributed by atoms with van der Waals surface area (Å²) in [6.45, 7) is 1.88. The van der Waals surface area contributed by atoms with E-state index in [0.717, 1.165) is 0 Å². The normalized spacial score (nSPS) is 14.0. The van der Waals surface area contributed by atoms with Crippen LogP contribution >= 0.6 is 0 Å². The van der Waals surface area contributed by atoms with E-state index in [1.54, 1.807) is 52.3 Å². The molecule has 0 unspecified atom stereocenters. The van der Waals surface area contributed by atoms with Crippen LogP contribution in [-0.4, -0.2) is 67.4 Å². The third kappa shape index (κ3) is 5.08. The smallest absolute Gasteiger partial charge is 0.260 e. The number of ether oxygens (including phenoxy) is 2. The molecule has 3 amide bonds. The molecule has 30 heavy (non-hydrogen) atoms. The quantitative estimate of drug-likeness (QED) is 0.777. The van der Waals surface area contributed by atoms with Gasteiger partial charge in [-0.2, -0.15) is 0 Å². The zero-order valence-electron chi connectivity index (χ0n) is 16.9. The van der Waals surface area contributed by atoms with Crippen LogP contribution in [0.2, 0.25) is 0 Å². The van der Waals surface area contributed by atoms with Gasteiger partial charge in [0.15, 0.2) is 6.61 Å². The molecule has 0 radical (unpaired) electrons. The summed E-state index contributed by atoms with van der Waals surface area (Å²) >= 11 is 0. The summed E-state index contributed by atoms with van der Waals surface area (Å²) in [4.78, 5) is 40.0. The summed E-state index contributed by atoms with van der Waals surface area (Å²) in [5, 5.41) is 0. The lowest BCUT2D eigenvalue weighted by Gasteiger charge is -2.23. The van der Waals surface area contributed by atoms with Crippen LogP contribution in [0.1, 0.15) is 27.1 Å². The van der Waals surface area contributed by atoms with E-state index in [9.17, 15) is 14.4 Å². The van der Waals surface area contributed by atoms with Crippen molar-refractivity contribution in [3.8, 4) is 11.5 Å². The van der Waals surface area contributed by atoms with Crippen LogP contribution < -0.4 is 15.2 Å². The Hall–Kier alpha value is -3.55. The summed E-state index contributed by atoms with van der Waals surface area (Å²) in [6.07, 6.45) is 0.680. The Morgan fingerprint density at radius 3 is 2.30 bits per heavy atom. The highest BCUT2D eigenvalue weighted by Gasteiger charge is 2.24. The van der Waals surface area contributed by atoms with Crippen molar-refractivity contribution in [3.63, 3.8) is 0 Å². The Balaban J connectivity index is 1.54. The van der Waals surface area contributed by atoms with Gasteiger partial charge < -0.3 is 25.0 Å². The first-order valence-corrected chi connectivity index (χ1v) is 9.72. The second-order valence-corrected chi connectivity index (χ2v) is 6.90. The minimum absolute atomic E-state index is 0.104. The lowest BCUT2D eigenvalue weighted by atomic mass is 10.1. The lowest BCUT2D eigenvalue weighted by Crippen LogP contribution is -2.39. The summed E-state index contributed by atoms with van der Waals surface area (Å²) in [5.41, 5.74) is 6.10. The third-order valence-electron chi connectivity index (χ3n) is 4.97. The largest absolute Gasteiger partial charge is 0.496 e. The van der Waals surface area contributed by atoms with Crippen molar-refractivity contribution in [2.75, 3.05) is 39.9 Å². The van der Waals surface area contributed by atoms with E-state index in [4.69, 9.17) is 15.2 Å². The van der Waals surface area contributed by atoms with E-state index < -0.39 is 5.91 Å². The molecule has 0 atom stereocenters. The number of primary amides is 1. The highest BCUT2D eigenvalue weighted by Crippen LogP contribution is 2.20. The monoisotopic (exact) mass is 411 g/mol. The molecular formula is C22H25N3O5. The van der Waals surface area contributed by atoms with E-state index in [1.165, 1.54) is 7.11 Å². The van der Waals surface area contributed by atoms with Crippen LogP contribution in [0.15, 0.2) is 48.5 Å². The second-order valence-electron chi connectivity index (χ2n) is 6.90. The maximum Gasteiger partial charge on any atom is 0.260 e. The molecule has 1 saturated heterocycles. The Bertz CT molecular complexity index is 913. The molecule has 0 aromatic heterocycles. The maximum absolute atomic E-state index is 12.9. The summed E-state index contributed by atoms with van der Waals surface area (Å²) < 4.78 is 10.8. The van der Waals surface area contributed by atoms with Crippen LogP contribution in [0, 0.1) is 0 Å². The van der Waals surface area contributed by atoms with Gasteiger partial charge in [0.05, 0.1) is 12.7 Å². The predicted molar refractivity (Wildman–Crippen MR) is 111 cm³/mol. The number of hydrogen-bond donors (Lipinski definition) is 1. The highest BCUT2D eigenvalue weighted by molar-refractivity contribution is 5.97. The Morgan fingerprint density at radius 2 is 1.60 bits per heavy atom. The lowest BCUT2D eigenvalue weighted by molar-refractivity contribution is -0.133. The molecule has 0 aliphatic carbocycles. The van der Waals surface area contributed by atoms with E-state index in [1.807, 2.05) is 6.07 Å². The molecule has 3 rings (SSSR count). The van der Waals surface area contributed by atoms with Crippen molar-refractivity contribution >= 4 is 17.7 Å². The first-order chi connectivity index (χ1) is 14.5. The summed E-state index contributed by atoms with van der Waals surface area (Å²) in [5.74, 6) is 0.245. The molecule has 8 heteroatoms. The predicted octanol–water partition coefficient (Wildman–Crippen LogP) is 1.55. The average molecular weight is 411 g/mol. The van der Waals surface area contributed by atoms with Crippen LogP contribution in [-0.2, 0) is 4.79 Å². The van der Waals surface area contributed by atoms with E-state index in [2.05, 4.69) is 0 Å². The minimum atomic E-state index is -0.519. The fourth-order valence-corrected chi connectivity index (χ4v) is 3.31. The third-order valence-corrected chi connectivity index (χ3v) is 4.97. The van der Waals surface area contributed by atoms with Crippen LogP contribution in [0.25, 0.3) is 0 Å². The van der Waals surface area contributed by atoms with Gasteiger partial charge in [0.1, 0.15) is 11.5 Å². The van der Waals surface area contributed by atoms with E-state index in [-0.39, 0.29) is 18.4 Å². The molecular weight excluding hydrogens is 386 g/mol. The highest BCUT2D eigenvalue weighted by atomic mass is 16.5. The van der Waals surface area contributed by atoms with Gasteiger partial charge in [-0.3, -0.25) is 14.4 Å². The van der Waals surface area contributed by atoms with Gasteiger partial charge in [0, 0.05) is 31.7 Å². The zero-order valence-corrected chi connectivity index (χ0v) is 16.9. The standard InChI is InChI=1S/C22H25N3O5/c1-29-19-6-3-2-5-18(19)22(28)25-12-4-11-24(13-14-25)20(26)15-30-17-9-7-16(8-10-17)21(23)27/h2-3,5-10H,4,11-15H2,1H3,(H2,23,27). The molecule has 2 aromatic carbocycles. The van der Waals surface area contributed by atoms with Crippen molar-refractivity contribution in [2.24, 2.45) is 5.73 Å². The second kappa shape index (κ2) is 9.78. The van der Waals surface area contributed by atoms with Crippen molar-refractivity contribution in [3.05, 3.63) is 59.7 Å². The van der Waals surface area contributed by atoms with Crippen molar-refractivity contribution < 1.29 is 23.9 Å². The zero-order chi connectivity index (χ0) is 21.5. The van der Waals surface area contributed by atoms with Crippen molar-refractivity contribution in [1.82, 2.24) is 9.80 Å². The molecule has 0 spiro atoms. The van der Waals surface area contributed by atoms with Gasteiger partial charge in [-0.05, 0) is 42.8 Å². The molecule has 1 heterocycles. The van der Waals surface area contributed by atoms with Crippen LogP contribution in [0.5, 0.6) is 11.5 Å². The number of carbonyl (C=O) groups excluding carboxylic acids is 3. The SMILES string of the molecule is COc1ccccc1C(=O)N1CCCN(C(=O)COc2ccc(C(N)=O)cc2)CC1. The molecule has 0 bridgehead atoms. The number of methoxy groups -OCH3 is 1. The number of benzene rings is 2. The van der Waals surface area contributed by atoms with Gasteiger partial charge in [-0.15, -0.1) is 0 Å². The van der Waals surface area contributed by atoms with Crippen LogP contribution in [0.3, 0.4) is 0 Å². The van der Waals surface area contributed by atoms with Gasteiger partial charge in [0.25, 0.3) is 11.8 Å². The topological polar surface area (TPSA) is 102 Å². The fraction of sp³-hybridized carbons (Fsp3) is 0.318. The molecule has 1 fully saturated rings. The molecule has 0 saturated carbocycles. The molecule has 1 aliphatic heterocycles. The van der Waals surface area contributed by atoms with Gasteiger partial charge in [-0.25, -0.2) is 0 Å². The average Bonchev–Trinajstić information content (AvgIpc) is 3.03. The minimum Gasteiger partial charge on any atom is -0.496 e. The van der Waals surface area contributed by atoms with E-state index >= 15 is 0 Å². The Labute approximate surface area is 175 Å². The van der Waals surface area contributed by atoms with Gasteiger partial charge in [0.2, 0.25) is 5.91 Å². The Kier molecular flexibility index (Phi) is 6.90. The van der Waals surface area contributed by atoms with E-state index in [0.29, 0.717) is 55.2 Å². The van der Waals surface area contributed by atoms with Crippen LogP contribution in [0.4, 0.5) is 0 Å². The number of nitrogens with zero attached hydrogens (tertiary/aromatic N) is 2. The number of carbonyl (C=O) groups is 3. The fourth-order valence-electron chi connectivity index (χ4n) is 3.31. The number of hydrogen-bond acceptors (Lipinski definition) is 5. The van der Waals surface area contributed by atoms with Gasteiger partial charge >= 0.3 is 0 Å². The van der Waals surface area contributed by atoms with Crippen molar-refractivity contribution in [2.45, 2.75) is 6.42 Å². The number of amides is 3. The molecule has 1 aliphatic rings. The first-order valence-electron chi connectivity index (χ1n) is 9.72. The summed E-state index contributed by atoms with van der Waals surface area (Å²) in [6, 6.07) is 13.4.